The molecule has 0 radical (unpaired) electrons. The summed E-state index contributed by atoms with van der Waals surface area (Å²) < 4.78 is 18.7. The van der Waals surface area contributed by atoms with Crippen molar-refractivity contribution >= 4 is 11.7 Å². The summed E-state index contributed by atoms with van der Waals surface area (Å²) in [5.41, 5.74) is 0.987. The first-order chi connectivity index (χ1) is 12.6. The Morgan fingerprint density at radius 2 is 1.73 bits per heavy atom. The summed E-state index contributed by atoms with van der Waals surface area (Å²) in [6, 6.07) is 20.7. The number of anilines is 1. The summed E-state index contributed by atoms with van der Waals surface area (Å²) in [6.07, 6.45) is 0.901. The Morgan fingerprint density at radius 1 is 1.04 bits per heavy atom. The van der Waals surface area contributed by atoms with Crippen molar-refractivity contribution in [1.29, 1.82) is 0 Å². The number of amides is 1. The maximum atomic E-state index is 13.0. The van der Waals surface area contributed by atoms with Gasteiger partial charge in [0.2, 0.25) is 0 Å². The van der Waals surface area contributed by atoms with E-state index in [-0.39, 0.29) is 11.7 Å². The largest absolute Gasteiger partial charge is 0.481 e. The number of benzene rings is 2. The molecular formula is C21H19FN2O2. The van der Waals surface area contributed by atoms with Gasteiger partial charge in [-0.1, -0.05) is 36.4 Å². The normalized spacial score (nSPS) is 11.6. The molecule has 0 saturated carbocycles. The second-order valence-electron chi connectivity index (χ2n) is 5.81. The number of hydrogen-bond donors (Lipinski definition) is 0. The first kappa shape index (κ1) is 17.6. The molecule has 0 unspecified atom stereocenters. The lowest BCUT2D eigenvalue weighted by atomic mass is 10.2. The third kappa shape index (κ3) is 4.45. The van der Waals surface area contributed by atoms with Crippen molar-refractivity contribution < 1.29 is 13.9 Å². The molecule has 0 fully saturated rings. The zero-order valence-corrected chi connectivity index (χ0v) is 14.4. The van der Waals surface area contributed by atoms with Crippen LogP contribution in [0.15, 0.2) is 79.0 Å². The van der Waals surface area contributed by atoms with Gasteiger partial charge in [0.1, 0.15) is 17.4 Å². The third-order valence-corrected chi connectivity index (χ3v) is 3.85. The number of hydrogen-bond acceptors (Lipinski definition) is 3. The molecule has 132 valence electrons. The number of carbonyl (C=O) groups excluding carboxylic acids is 1. The lowest BCUT2D eigenvalue weighted by Crippen LogP contribution is -2.40. The lowest BCUT2D eigenvalue weighted by Gasteiger charge is -2.25. The SMILES string of the molecule is C[C@@H](Oc1ccc(F)cc1)C(=O)N(Cc1ccccc1)c1ccccn1. The molecule has 1 aromatic heterocycles. The summed E-state index contributed by atoms with van der Waals surface area (Å²) in [5, 5.41) is 0. The van der Waals surface area contributed by atoms with Crippen molar-refractivity contribution in [2.24, 2.45) is 0 Å². The molecule has 1 heterocycles. The van der Waals surface area contributed by atoms with Crippen molar-refractivity contribution in [2.45, 2.75) is 19.6 Å². The van der Waals surface area contributed by atoms with E-state index in [4.69, 9.17) is 4.74 Å². The fraction of sp³-hybridized carbons (Fsp3) is 0.143. The summed E-state index contributed by atoms with van der Waals surface area (Å²) in [6.45, 7) is 2.06. The molecule has 0 aliphatic carbocycles. The predicted octanol–water partition coefficient (Wildman–Crippen LogP) is 4.22. The van der Waals surface area contributed by atoms with E-state index in [2.05, 4.69) is 4.98 Å². The van der Waals surface area contributed by atoms with Gasteiger partial charge < -0.3 is 4.74 Å². The second-order valence-corrected chi connectivity index (χ2v) is 5.81. The molecule has 3 rings (SSSR count). The Kier molecular flexibility index (Phi) is 5.59. The first-order valence-electron chi connectivity index (χ1n) is 8.32. The number of nitrogens with zero attached hydrogens (tertiary/aromatic N) is 2. The topological polar surface area (TPSA) is 42.4 Å². The van der Waals surface area contributed by atoms with E-state index in [1.807, 2.05) is 36.4 Å². The van der Waals surface area contributed by atoms with E-state index in [1.54, 1.807) is 30.2 Å². The van der Waals surface area contributed by atoms with E-state index in [9.17, 15) is 9.18 Å². The third-order valence-electron chi connectivity index (χ3n) is 3.85. The van der Waals surface area contributed by atoms with Gasteiger partial charge in [-0.05, 0) is 48.9 Å². The molecule has 1 amide bonds. The number of ether oxygens (including phenoxy) is 1. The Hall–Kier alpha value is -3.21. The molecule has 0 saturated heterocycles. The molecule has 0 N–H and O–H groups in total. The van der Waals surface area contributed by atoms with Crippen LogP contribution in [0.4, 0.5) is 10.2 Å². The molecule has 3 aromatic rings. The monoisotopic (exact) mass is 350 g/mol. The van der Waals surface area contributed by atoms with Gasteiger partial charge in [0.15, 0.2) is 6.10 Å². The average Bonchev–Trinajstić information content (AvgIpc) is 2.69. The fourth-order valence-electron chi connectivity index (χ4n) is 2.54. The van der Waals surface area contributed by atoms with Crippen LogP contribution >= 0.6 is 0 Å². The minimum Gasteiger partial charge on any atom is -0.481 e. The van der Waals surface area contributed by atoms with Crippen molar-refractivity contribution in [3.63, 3.8) is 0 Å². The Balaban J connectivity index is 1.80. The highest BCUT2D eigenvalue weighted by Crippen LogP contribution is 2.19. The van der Waals surface area contributed by atoms with Crippen molar-refractivity contribution in [3.8, 4) is 5.75 Å². The highest BCUT2D eigenvalue weighted by Gasteiger charge is 2.24. The van der Waals surface area contributed by atoms with Crippen molar-refractivity contribution in [1.82, 2.24) is 4.98 Å². The highest BCUT2D eigenvalue weighted by molar-refractivity contribution is 5.95. The zero-order valence-electron chi connectivity index (χ0n) is 14.4. The maximum absolute atomic E-state index is 13.0. The standard InChI is InChI=1S/C21H19FN2O2/c1-16(26-19-12-10-18(22)11-13-19)21(25)24(20-9-5-6-14-23-20)15-17-7-3-2-4-8-17/h2-14,16H,15H2,1H3/t16-/m1/s1. The van der Waals surface area contributed by atoms with E-state index >= 15 is 0 Å². The van der Waals surface area contributed by atoms with Gasteiger partial charge in [-0.3, -0.25) is 9.69 Å². The lowest BCUT2D eigenvalue weighted by molar-refractivity contribution is -0.124. The quantitative estimate of drug-likeness (QED) is 0.668. The molecule has 26 heavy (non-hydrogen) atoms. The average molecular weight is 350 g/mol. The molecule has 2 aromatic carbocycles. The summed E-state index contributed by atoms with van der Waals surface area (Å²) in [4.78, 5) is 18.9. The van der Waals surface area contributed by atoms with Gasteiger partial charge in [0, 0.05) is 6.20 Å². The van der Waals surface area contributed by atoms with Crippen LogP contribution in [0.2, 0.25) is 0 Å². The van der Waals surface area contributed by atoms with Crippen LogP contribution in [-0.2, 0) is 11.3 Å². The maximum Gasteiger partial charge on any atom is 0.269 e. The Morgan fingerprint density at radius 3 is 2.38 bits per heavy atom. The Labute approximate surface area is 151 Å². The molecular weight excluding hydrogens is 331 g/mol. The van der Waals surface area contributed by atoms with Crippen LogP contribution in [0, 0.1) is 5.82 Å². The van der Waals surface area contributed by atoms with Gasteiger partial charge in [-0.2, -0.15) is 0 Å². The van der Waals surface area contributed by atoms with Crippen molar-refractivity contribution in [3.05, 3.63) is 90.4 Å². The minimum absolute atomic E-state index is 0.225. The molecule has 5 heteroatoms. The van der Waals surface area contributed by atoms with Crippen LogP contribution in [0.25, 0.3) is 0 Å². The molecule has 0 aliphatic heterocycles. The van der Waals surface area contributed by atoms with Crippen LogP contribution in [0.5, 0.6) is 5.75 Å². The van der Waals surface area contributed by atoms with E-state index in [0.29, 0.717) is 18.1 Å². The second kappa shape index (κ2) is 8.25. The molecule has 0 aliphatic rings. The van der Waals surface area contributed by atoms with Crippen LogP contribution in [0.1, 0.15) is 12.5 Å². The van der Waals surface area contributed by atoms with Crippen LogP contribution < -0.4 is 9.64 Å². The Bertz CT molecular complexity index is 839. The number of halogens is 1. The molecule has 4 nitrogen and oxygen atoms in total. The van der Waals surface area contributed by atoms with Crippen LogP contribution in [0.3, 0.4) is 0 Å². The summed E-state index contributed by atoms with van der Waals surface area (Å²) in [7, 11) is 0. The predicted molar refractivity (Wildman–Crippen MR) is 98.4 cm³/mol. The fourth-order valence-corrected chi connectivity index (χ4v) is 2.54. The van der Waals surface area contributed by atoms with Gasteiger partial charge in [0.05, 0.1) is 6.54 Å². The van der Waals surface area contributed by atoms with E-state index in [1.165, 1.54) is 24.3 Å². The molecule has 1 atom stereocenters. The van der Waals surface area contributed by atoms with E-state index < -0.39 is 6.10 Å². The highest BCUT2D eigenvalue weighted by atomic mass is 19.1. The van der Waals surface area contributed by atoms with Crippen molar-refractivity contribution in [2.75, 3.05) is 4.90 Å². The number of pyridine rings is 1. The van der Waals surface area contributed by atoms with Crippen LogP contribution in [-0.4, -0.2) is 17.0 Å². The van der Waals surface area contributed by atoms with Gasteiger partial charge in [-0.25, -0.2) is 9.37 Å². The smallest absolute Gasteiger partial charge is 0.269 e. The first-order valence-corrected chi connectivity index (χ1v) is 8.32. The number of aromatic nitrogens is 1. The number of carbonyl (C=O) groups is 1. The minimum atomic E-state index is -0.744. The van der Waals surface area contributed by atoms with Gasteiger partial charge in [-0.15, -0.1) is 0 Å². The summed E-state index contributed by atoms with van der Waals surface area (Å²) >= 11 is 0. The zero-order chi connectivity index (χ0) is 18.4. The van der Waals surface area contributed by atoms with E-state index in [0.717, 1.165) is 5.56 Å². The molecule has 0 bridgehead atoms. The summed E-state index contributed by atoms with van der Waals surface area (Å²) in [5.74, 6) is 0.413. The van der Waals surface area contributed by atoms with Gasteiger partial charge >= 0.3 is 0 Å². The van der Waals surface area contributed by atoms with Gasteiger partial charge in [0.25, 0.3) is 5.91 Å². The molecule has 0 spiro atoms. The number of rotatable bonds is 6.